The molecule has 3 heteroatoms. The molecule has 0 saturated carbocycles. The fourth-order valence-corrected chi connectivity index (χ4v) is 1.21. The van der Waals surface area contributed by atoms with E-state index in [2.05, 4.69) is 13.8 Å². The maximum atomic E-state index is 13.2. The molecule has 0 atom stereocenters. The van der Waals surface area contributed by atoms with Gasteiger partial charge in [-0.25, -0.2) is 4.39 Å². The average Bonchev–Trinajstić information content (AvgIpc) is 2.23. The molecule has 1 rings (SSSR count). The topological polar surface area (TPSA) is 35.2 Å². The molecule has 0 fully saturated rings. The highest BCUT2D eigenvalue weighted by Crippen LogP contribution is 2.20. The minimum atomic E-state index is -0.226. The standard InChI is InChI=1S/C13H20FNO/c1-10-4-5-11(8-12(10)14)16-7-6-13(2,3)9-15/h4-5,8H,6-7,9,15H2,1-3H3. The Bertz CT molecular complexity index is 350. The smallest absolute Gasteiger partial charge is 0.129 e. The van der Waals surface area contributed by atoms with Crippen molar-refractivity contribution in [3.63, 3.8) is 0 Å². The Hall–Kier alpha value is -1.09. The van der Waals surface area contributed by atoms with E-state index in [0.29, 0.717) is 24.5 Å². The third-order valence-electron chi connectivity index (χ3n) is 2.74. The van der Waals surface area contributed by atoms with Crippen LogP contribution in [0, 0.1) is 18.2 Å². The summed E-state index contributed by atoms with van der Waals surface area (Å²) in [5.41, 5.74) is 6.32. The lowest BCUT2D eigenvalue weighted by Gasteiger charge is -2.22. The third-order valence-corrected chi connectivity index (χ3v) is 2.74. The molecule has 0 saturated heterocycles. The summed E-state index contributed by atoms with van der Waals surface area (Å²) >= 11 is 0. The lowest BCUT2D eigenvalue weighted by atomic mass is 9.90. The van der Waals surface area contributed by atoms with Crippen molar-refractivity contribution in [2.75, 3.05) is 13.2 Å². The molecule has 0 unspecified atom stereocenters. The van der Waals surface area contributed by atoms with Crippen LogP contribution in [0.4, 0.5) is 4.39 Å². The molecular weight excluding hydrogens is 205 g/mol. The van der Waals surface area contributed by atoms with Crippen LogP contribution in [0.1, 0.15) is 25.8 Å². The van der Waals surface area contributed by atoms with E-state index < -0.39 is 0 Å². The molecule has 0 bridgehead atoms. The van der Waals surface area contributed by atoms with Crippen molar-refractivity contribution < 1.29 is 9.13 Å². The SMILES string of the molecule is Cc1ccc(OCCC(C)(C)CN)cc1F. The minimum Gasteiger partial charge on any atom is -0.493 e. The first-order valence-electron chi connectivity index (χ1n) is 5.54. The van der Waals surface area contributed by atoms with Gasteiger partial charge in [0, 0.05) is 6.07 Å². The summed E-state index contributed by atoms with van der Waals surface area (Å²) in [6.45, 7) is 7.10. The molecule has 0 amide bonds. The van der Waals surface area contributed by atoms with Crippen molar-refractivity contribution in [2.24, 2.45) is 11.1 Å². The Morgan fingerprint density at radius 1 is 1.38 bits per heavy atom. The average molecular weight is 225 g/mol. The normalized spacial score (nSPS) is 11.6. The molecule has 0 aliphatic heterocycles. The molecule has 2 nitrogen and oxygen atoms in total. The molecule has 90 valence electrons. The largest absolute Gasteiger partial charge is 0.493 e. The molecule has 0 radical (unpaired) electrons. The number of benzene rings is 1. The van der Waals surface area contributed by atoms with Crippen LogP contribution in [0.3, 0.4) is 0 Å². The van der Waals surface area contributed by atoms with Crippen LogP contribution in [0.2, 0.25) is 0 Å². The predicted molar refractivity (Wildman–Crippen MR) is 64.1 cm³/mol. The van der Waals surface area contributed by atoms with E-state index in [-0.39, 0.29) is 11.2 Å². The van der Waals surface area contributed by atoms with E-state index in [1.807, 2.05) is 0 Å². The maximum absolute atomic E-state index is 13.2. The molecule has 0 aromatic heterocycles. The van der Waals surface area contributed by atoms with Gasteiger partial charge in [0.2, 0.25) is 0 Å². The van der Waals surface area contributed by atoms with Crippen LogP contribution in [-0.2, 0) is 0 Å². The zero-order valence-corrected chi connectivity index (χ0v) is 10.2. The van der Waals surface area contributed by atoms with Crippen LogP contribution in [0.15, 0.2) is 18.2 Å². The molecule has 1 aromatic carbocycles. The summed E-state index contributed by atoms with van der Waals surface area (Å²) in [5, 5.41) is 0. The van der Waals surface area contributed by atoms with E-state index in [1.165, 1.54) is 6.07 Å². The number of rotatable bonds is 5. The molecule has 16 heavy (non-hydrogen) atoms. The van der Waals surface area contributed by atoms with Crippen molar-refractivity contribution in [3.05, 3.63) is 29.6 Å². The summed E-state index contributed by atoms with van der Waals surface area (Å²) in [4.78, 5) is 0. The van der Waals surface area contributed by atoms with Crippen molar-refractivity contribution in [1.82, 2.24) is 0 Å². The van der Waals surface area contributed by atoms with E-state index in [0.717, 1.165) is 6.42 Å². The highest BCUT2D eigenvalue weighted by molar-refractivity contribution is 5.27. The Balaban J connectivity index is 2.46. The first kappa shape index (κ1) is 13.0. The maximum Gasteiger partial charge on any atom is 0.129 e. The minimum absolute atomic E-state index is 0.0727. The Morgan fingerprint density at radius 2 is 2.06 bits per heavy atom. The van der Waals surface area contributed by atoms with E-state index in [9.17, 15) is 4.39 Å². The Kier molecular flexibility index (Phi) is 4.30. The zero-order valence-electron chi connectivity index (χ0n) is 10.2. The second-order valence-corrected chi connectivity index (χ2v) is 4.88. The molecule has 0 spiro atoms. The van der Waals surface area contributed by atoms with E-state index >= 15 is 0 Å². The Labute approximate surface area is 96.6 Å². The van der Waals surface area contributed by atoms with Crippen LogP contribution >= 0.6 is 0 Å². The molecule has 0 aliphatic carbocycles. The molecular formula is C13H20FNO. The quantitative estimate of drug-likeness (QED) is 0.836. The third kappa shape index (κ3) is 3.81. The van der Waals surface area contributed by atoms with Crippen molar-refractivity contribution in [3.8, 4) is 5.75 Å². The summed E-state index contributed by atoms with van der Waals surface area (Å²) in [6, 6.07) is 4.93. The lowest BCUT2D eigenvalue weighted by molar-refractivity contribution is 0.233. The number of halogens is 1. The fourth-order valence-electron chi connectivity index (χ4n) is 1.21. The van der Waals surface area contributed by atoms with Gasteiger partial charge in [0.05, 0.1) is 6.61 Å². The summed E-state index contributed by atoms with van der Waals surface area (Å²) in [6.07, 6.45) is 0.860. The van der Waals surface area contributed by atoms with Crippen LogP contribution < -0.4 is 10.5 Å². The number of hydrogen-bond acceptors (Lipinski definition) is 2. The van der Waals surface area contributed by atoms with Crippen LogP contribution in [0.25, 0.3) is 0 Å². The monoisotopic (exact) mass is 225 g/mol. The highest BCUT2D eigenvalue weighted by atomic mass is 19.1. The van der Waals surface area contributed by atoms with E-state index in [4.69, 9.17) is 10.5 Å². The number of nitrogens with two attached hydrogens (primary N) is 1. The van der Waals surface area contributed by atoms with Crippen molar-refractivity contribution >= 4 is 0 Å². The van der Waals surface area contributed by atoms with Gasteiger partial charge in [-0.15, -0.1) is 0 Å². The first-order chi connectivity index (χ1) is 7.44. The lowest BCUT2D eigenvalue weighted by Crippen LogP contribution is -2.25. The number of hydrogen-bond donors (Lipinski definition) is 1. The van der Waals surface area contributed by atoms with Gasteiger partial charge < -0.3 is 10.5 Å². The van der Waals surface area contributed by atoms with Crippen LogP contribution in [-0.4, -0.2) is 13.2 Å². The summed E-state index contributed by atoms with van der Waals surface area (Å²) in [5.74, 6) is 0.353. The van der Waals surface area contributed by atoms with Gasteiger partial charge >= 0.3 is 0 Å². The second-order valence-electron chi connectivity index (χ2n) is 4.88. The van der Waals surface area contributed by atoms with Gasteiger partial charge in [0.15, 0.2) is 0 Å². The summed E-state index contributed by atoms with van der Waals surface area (Å²) < 4.78 is 18.7. The van der Waals surface area contributed by atoms with Crippen molar-refractivity contribution in [1.29, 1.82) is 0 Å². The van der Waals surface area contributed by atoms with E-state index in [1.54, 1.807) is 19.1 Å². The number of ether oxygens (including phenoxy) is 1. The zero-order chi connectivity index (χ0) is 12.2. The Morgan fingerprint density at radius 3 is 2.62 bits per heavy atom. The highest BCUT2D eigenvalue weighted by Gasteiger charge is 2.15. The second kappa shape index (κ2) is 5.30. The van der Waals surface area contributed by atoms with Crippen LogP contribution in [0.5, 0.6) is 5.75 Å². The summed E-state index contributed by atoms with van der Waals surface area (Å²) in [7, 11) is 0. The predicted octanol–water partition coefficient (Wildman–Crippen LogP) is 2.89. The van der Waals surface area contributed by atoms with Gasteiger partial charge in [-0.1, -0.05) is 19.9 Å². The van der Waals surface area contributed by atoms with Gasteiger partial charge in [-0.3, -0.25) is 0 Å². The van der Waals surface area contributed by atoms with Gasteiger partial charge in [0.1, 0.15) is 11.6 Å². The molecule has 1 aromatic rings. The molecule has 0 aliphatic rings. The molecule has 2 N–H and O–H groups in total. The molecule has 0 heterocycles. The number of aryl methyl sites for hydroxylation is 1. The fraction of sp³-hybridized carbons (Fsp3) is 0.538. The first-order valence-corrected chi connectivity index (χ1v) is 5.54. The van der Waals surface area contributed by atoms with Gasteiger partial charge in [0.25, 0.3) is 0 Å². The van der Waals surface area contributed by atoms with Gasteiger partial charge in [-0.2, -0.15) is 0 Å². The van der Waals surface area contributed by atoms with Crippen molar-refractivity contribution in [2.45, 2.75) is 27.2 Å². The van der Waals surface area contributed by atoms with Gasteiger partial charge in [-0.05, 0) is 36.9 Å².